The lowest BCUT2D eigenvalue weighted by Gasteiger charge is -2.27. The second kappa shape index (κ2) is 1.70. The van der Waals surface area contributed by atoms with Crippen molar-refractivity contribution < 1.29 is 4.74 Å². The Labute approximate surface area is 55.6 Å². The Balaban J connectivity index is 2.13. The zero-order valence-electron chi connectivity index (χ0n) is 5.81. The molecule has 2 unspecified atom stereocenters. The Morgan fingerprint density at radius 2 is 2.56 bits per heavy atom. The van der Waals surface area contributed by atoms with Gasteiger partial charge < -0.3 is 10.1 Å². The number of rotatable bonds is 0. The molecule has 0 aliphatic carbocycles. The van der Waals surface area contributed by atoms with Gasteiger partial charge in [0.2, 0.25) is 0 Å². The van der Waals surface area contributed by atoms with Gasteiger partial charge in [0.15, 0.2) is 0 Å². The highest BCUT2D eigenvalue weighted by Gasteiger charge is 2.39. The maximum atomic E-state index is 5.60. The van der Waals surface area contributed by atoms with E-state index in [2.05, 4.69) is 12.2 Å². The predicted octanol–water partition coefficient (Wildman–Crippen LogP) is 0.385. The van der Waals surface area contributed by atoms with E-state index in [1.54, 1.807) is 0 Å². The van der Waals surface area contributed by atoms with Gasteiger partial charge >= 0.3 is 0 Å². The molecule has 9 heavy (non-hydrogen) atoms. The quantitative estimate of drug-likeness (QED) is 0.508. The summed E-state index contributed by atoms with van der Waals surface area (Å²) >= 11 is 0. The highest BCUT2D eigenvalue weighted by Crippen LogP contribution is 2.31. The van der Waals surface area contributed by atoms with Crippen LogP contribution in [0.3, 0.4) is 0 Å². The van der Waals surface area contributed by atoms with E-state index < -0.39 is 0 Å². The molecule has 0 radical (unpaired) electrons. The van der Waals surface area contributed by atoms with Crippen LogP contribution in [0.2, 0.25) is 0 Å². The van der Waals surface area contributed by atoms with Crippen LogP contribution in [0, 0.1) is 5.92 Å². The van der Waals surface area contributed by atoms with Crippen LogP contribution in [0.5, 0.6) is 0 Å². The monoisotopic (exact) mass is 127 g/mol. The van der Waals surface area contributed by atoms with Crippen molar-refractivity contribution in [1.82, 2.24) is 5.32 Å². The van der Waals surface area contributed by atoms with Crippen molar-refractivity contribution in [3.63, 3.8) is 0 Å². The number of fused-ring (bicyclic) bond motifs is 2. The maximum Gasteiger partial charge on any atom is 0.0782 e. The van der Waals surface area contributed by atoms with Gasteiger partial charge in [0.05, 0.1) is 12.2 Å². The second-order valence-corrected chi connectivity index (χ2v) is 3.46. The normalized spacial score (nSPS) is 49.7. The molecule has 2 heteroatoms. The van der Waals surface area contributed by atoms with E-state index in [9.17, 15) is 0 Å². The molecule has 0 spiro atoms. The van der Waals surface area contributed by atoms with Gasteiger partial charge in [-0.1, -0.05) is 0 Å². The third kappa shape index (κ3) is 0.864. The minimum absolute atomic E-state index is 0.183. The van der Waals surface area contributed by atoms with Crippen LogP contribution < -0.4 is 5.32 Å². The molecule has 1 N–H and O–H groups in total. The molecular formula is C7H13NO. The van der Waals surface area contributed by atoms with E-state index in [-0.39, 0.29) is 5.60 Å². The van der Waals surface area contributed by atoms with Crippen LogP contribution in [0.1, 0.15) is 13.3 Å². The molecule has 2 nitrogen and oxygen atoms in total. The number of nitrogens with one attached hydrogen (secondary N) is 1. The van der Waals surface area contributed by atoms with Crippen molar-refractivity contribution in [1.29, 1.82) is 0 Å². The Morgan fingerprint density at radius 1 is 1.67 bits per heavy atom. The fraction of sp³-hybridized carbons (Fsp3) is 1.00. The molecule has 2 heterocycles. The molecule has 0 saturated carbocycles. The van der Waals surface area contributed by atoms with Gasteiger partial charge in [0.1, 0.15) is 0 Å². The van der Waals surface area contributed by atoms with E-state index in [1.165, 1.54) is 6.42 Å². The first-order chi connectivity index (χ1) is 4.29. The van der Waals surface area contributed by atoms with Crippen molar-refractivity contribution in [2.45, 2.75) is 18.9 Å². The van der Waals surface area contributed by atoms with Crippen LogP contribution in [0.15, 0.2) is 0 Å². The third-order valence-electron chi connectivity index (χ3n) is 2.32. The molecule has 2 bridgehead atoms. The third-order valence-corrected chi connectivity index (χ3v) is 2.32. The van der Waals surface area contributed by atoms with Crippen molar-refractivity contribution >= 4 is 0 Å². The molecule has 0 aromatic rings. The largest absolute Gasteiger partial charge is 0.374 e. The fourth-order valence-electron chi connectivity index (χ4n) is 1.84. The van der Waals surface area contributed by atoms with E-state index >= 15 is 0 Å². The SMILES string of the molecule is CC12CNCC(CO1)C2. The molecule has 0 aromatic carbocycles. The molecule has 2 rings (SSSR count). The summed E-state index contributed by atoms with van der Waals surface area (Å²) in [5.74, 6) is 0.795. The smallest absolute Gasteiger partial charge is 0.0782 e. The Hall–Kier alpha value is -0.0800. The van der Waals surface area contributed by atoms with Crippen LogP contribution >= 0.6 is 0 Å². The molecule has 2 atom stereocenters. The van der Waals surface area contributed by atoms with Crippen molar-refractivity contribution in [2.24, 2.45) is 5.92 Å². The number of ether oxygens (including phenoxy) is 1. The van der Waals surface area contributed by atoms with Gasteiger partial charge in [0, 0.05) is 13.1 Å². The first-order valence-electron chi connectivity index (χ1n) is 3.63. The van der Waals surface area contributed by atoms with Gasteiger partial charge in [-0.3, -0.25) is 0 Å². The standard InChI is InChI=1S/C7H13NO/c1-7-2-6(4-9-7)3-8-5-7/h6,8H,2-5H2,1H3. The molecule has 2 aliphatic rings. The van der Waals surface area contributed by atoms with Crippen LogP contribution in [0.25, 0.3) is 0 Å². The summed E-state index contributed by atoms with van der Waals surface area (Å²) in [5, 5.41) is 3.36. The zero-order chi connectivity index (χ0) is 6.32. The van der Waals surface area contributed by atoms with E-state index in [4.69, 9.17) is 4.74 Å². The number of piperidine rings is 1. The summed E-state index contributed by atoms with van der Waals surface area (Å²) in [4.78, 5) is 0. The summed E-state index contributed by atoms with van der Waals surface area (Å²) in [6, 6.07) is 0. The molecule has 2 fully saturated rings. The van der Waals surface area contributed by atoms with E-state index in [1.807, 2.05) is 0 Å². The van der Waals surface area contributed by atoms with E-state index in [0.717, 1.165) is 25.6 Å². The molecule has 2 aliphatic heterocycles. The van der Waals surface area contributed by atoms with Crippen LogP contribution in [0.4, 0.5) is 0 Å². The average molecular weight is 127 g/mol. The Morgan fingerprint density at radius 3 is 3.22 bits per heavy atom. The average Bonchev–Trinajstić information content (AvgIpc) is 2.07. The van der Waals surface area contributed by atoms with Gasteiger partial charge in [-0.05, 0) is 19.3 Å². The first-order valence-corrected chi connectivity index (χ1v) is 3.63. The lowest BCUT2D eigenvalue weighted by molar-refractivity contribution is 0.0247. The molecule has 0 amide bonds. The Bertz CT molecular complexity index is 122. The summed E-state index contributed by atoms with van der Waals surface area (Å²) in [6.45, 7) is 5.38. The van der Waals surface area contributed by atoms with Gasteiger partial charge in [0.25, 0.3) is 0 Å². The van der Waals surface area contributed by atoms with Gasteiger partial charge in [-0.2, -0.15) is 0 Å². The highest BCUT2D eigenvalue weighted by molar-refractivity contribution is 4.92. The van der Waals surface area contributed by atoms with Gasteiger partial charge in [-0.15, -0.1) is 0 Å². The van der Waals surface area contributed by atoms with Crippen molar-refractivity contribution in [2.75, 3.05) is 19.7 Å². The topological polar surface area (TPSA) is 21.3 Å². The van der Waals surface area contributed by atoms with Crippen molar-refractivity contribution in [3.8, 4) is 0 Å². The second-order valence-electron chi connectivity index (χ2n) is 3.46. The lowest BCUT2D eigenvalue weighted by atomic mass is 9.92. The molecule has 0 aromatic heterocycles. The molecule has 52 valence electrons. The van der Waals surface area contributed by atoms with Gasteiger partial charge in [-0.25, -0.2) is 0 Å². The summed E-state index contributed by atoms with van der Waals surface area (Å²) < 4.78 is 5.60. The van der Waals surface area contributed by atoms with Crippen LogP contribution in [-0.4, -0.2) is 25.3 Å². The number of hydrogen-bond acceptors (Lipinski definition) is 2. The predicted molar refractivity (Wildman–Crippen MR) is 35.3 cm³/mol. The van der Waals surface area contributed by atoms with Crippen molar-refractivity contribution in [3.05, 3.63) is 0 Å². The zero-order valence-corrected chi connectivity index (χ0v) is 5.81. The Kier molecular flexibility index (Phi) is 1.08. The fourth-order valence-corrected chi connectivity index (χ4v) is 1.84. The van der Waals surface area contributed by atoms with E-state index in [0.29, 0.717) is 0 Å². The maximum absolute atomic E-state index is 5.60. The molecular weight excluding hydrogens is 114 g/mol. The highest BCUT2D eigenvalue weighted by atomic mass is 16.5. The number of hydrogen-bond donors (Lipinski definition) is 1. The minimum atomic E-state index is 0.183. The molecule has 2 saturated heterocycles. The first kappa shape index (κ1) is 5.69. The minimum Gasteiger partial charge on any atom is -0.374 e. The summed E-state index contributed by atoms with van der Waals surface area (Å²) in [5.41, 5.74) is 0.183. The van der Waals surface area contributed by atoms with Crippen LogP contribution in [-0.2, 0) is 4.74 Å². The summed E-state index contributed by atoms with van der Waals surface area (Å²) in [7, 11) is 0. The lowest BCUT2D eigenvalue weighted by Crippen LogP contribution is -2.42. The summed E-state index contributed by atoms with van der Waals surface area (Å²) in [6.07, 6.45) is 1.26.